The summed E-state index contributed by atoms with van der Waals surface area (Å²) in [6.45, 7) is 0. The van der Waals surface area contributed by atoms with Gasteiger partial charge in [-0.1, -0.05) is 17.5 Å². The van der Waals surface area contributed by atoms with E-state index in [0.717, 1.165) is 15.1 Å². The predicted molar refractivity (Wildman–Crippen MR) is 52.6 cm³/mol. The molecule has 2 rings (SSSR count). The standard InChI is InChI=1S/C9H4ClNS/c1-2-6-5-8-9(12-6)7(10)3-4-11-8/h1,3-5H. The molecule has 1 nitrogen and oxygen atoms in total. The van der Waals surface area contributed by atoms with E-state index in [1.165, 1.54) is 11.3 Å². The number of terminal acetylenes is 1. The number of fused-ring (bicyclic) bond motifs is 1. The van der Waals surface area contributed by atoms with Gasteiger partial charge in [0.05, 0.1) is 20.1 Å². The van der Waals surface area contributed by atoms with Crippen LogP contribution in [0.2, 0.25) is 5.02 Å². The maximum atomic E-state index is 5.93. The molecule has 12 heavy (non-hydrogen) atoms. The molecule has 0 N–H and O–H groups in total. The number of aromatic nitrogens is 1. The normalized spacial score (nSPS) is 10.0. The highest BCUT2D eigenvalue weighted by atomic mass is 35.5. The second-order valence-electron chi connectivity index (χ2n) is 2.26. The molecule has 0 fully saturated rings. The average molecular weight is 194 g/mol. The van der Waals surface area contributed by atoms with Crippen molar-refractivity contribution >= 4 is 33.2 Å². The minimum absolute atomic E-state index is 0.714. The summed E-state index contributed by atoms with van der Waals surface area (Å²) >= 11 is 7.42. The molecule has 0 bridgehead atoms. The van der Waals surface area contributed by atoms with Crippen LogP contribution in [-0.2, 0) is 0 Å². The van der Waals surface area contributed by atoms with Gasteiger partial charge in [0.25, 0.3) is 0 Å². The SMILES string of the molecule is C#Cc1cc2nccc(Cl)c2s1. The van der Waals surface area contributed by atoms with E-state index in [4.69, 9.17) is 18.0 Å². The Morgan fingerprint density at radius 2 is 2.42 bits per heavy atom. The number of hydrogen-bond donors (Lipinski definition) is 0. The van der Waals surface area contributed by atoms with E-state index >= 15 is 0 Å². The zero-order valence-electron chi connectivity index (χ0n) is 6.04. The average Bonchev–Trinajstić information content (AvgIpc) is 2.49. The third-order valence-corrected chi connectivity index (χ3v) is 3.02. The van der Waals surface area contributed by atoms with E-state index in [0.29, 0.717) is 5.02 Å². The monoisotopic (exact) mass is 193 g/mol. The molecule has 2 aromatic heterocycles. The van der Waals surface area contributed by atoms with Crippen molar-refractivity contribution in [1.29, 1.82) is 0 Å². The van der Waals surface area contributed by atoms with Crippen LogP contribution < -0.4 is 0 Å². The van der Waals surface area contributed by atoms with Gasteiger partial charge in [0, 0.05) is 6.20 Å². The summed E-state index contributed by atoms with van der Waals surface area (Å²) < 4.78 is 0.965. The van der Waals surface area contributed by atoms with Gasteiger partial charge in [-0.3, -0.25) is 4.98 Å². The summed E-state index contributed by atoms with van der Waals surface area (Å²) in [5.74, 6) is 2.56. The molecule has 0 spiro atoms. The molecule has 0 aromatic carbocycles. The fourth-order valence-corrected chi connectivity index (χ4v) is 2.08. The van der Waals surface area contributed by atoms with Gasteiger partial charge in [0.15, 0.2) is 0 Å². The van der Waals surface area contributed by atoms with Crippen molar-refractivity contribution in [1.82, 2.24) is 4.98 Å². The Balaban J connectivity index is 2.85. The van der Waals surface area contributed by atoms with Crippen molar-refractivity contribution in [3.05, 3.63) is 28.2 Å². The van der Waals surface area contributed by atoms with Gasteiger partial charge in [0.2, 0.25) is 0 Å². The van der Waals surface area contributed by atoms with Crippen molar-refractivity contribution < 1.29 is 0 Å². The molecular weight excluding hydrogens is 190 g/mol. The lowest BCUT2D eigenvalue weighted by atomic mass is 10.4. The first kappa shape index (κ1) is 7.60. The number of nitrogens with zero attached hydrogens (tertiary/aromatic N) is 1. The van der Waals surface area contributed by atoms with Crippen LogP contribution >= 0.6 is 22.9 Å². The van der Waals surface area contributed by atoms with Gasteiger partial charge in [-0.15, -0.1) is 17.8 Å². The topological polar surface area (TPSA) is 12.9 Å². The first-order valence-corrected chi connectivity index (χ1v) is 4.51. The molecule has 0 aliphatic heterocycles. The Hall–Kier alpha value is -1.04. The largest absolute Gasteiger partial charge is 0.255 e. The molecule has 2 heterocycles. The Labute approximate surface area is 79.0 Å². The number of halogens is 1. The highest BCUT2D eigenvalue weighted by molar-refractivity contribution is 7.20. The molecule has 0 aliphatic carbocycles. The second kappa shape index (κ2) is 2.78. The molecule has 3 heteroatoms. The summed E-state index contributed by atoms with van der Waals surface area (Å²) in [4.78, 5) is 5.01. The van der Waals surface area contributed by atoms with Crippen LogP contribution in [0.15, 0.2) is 18.3 Å². The molecular formula is C9H4ClNS. The Morgan fingerprint density at radius 3 is 3.08 bits per heavy atom. The van der Waals surface area contributed by atoms with Gasteiger partial charge >= 0.3 is 0 Å². The summed E-state index contributed by atoms with van der Waals surface area (Å²) in [6, 6.07) is 3.63. The summed E-state index contributed by atoms with van der Waals surface area (Å²) in [7, 11) is 0. The van der Waals surface area contributed by atoms with Crippen LogP contribution in [-0.4, -0.2) is 4.98 Å². The van der Waals surface area contributed by atoms with Crippen LogP contribution in [0.4, 0.5) is 0 Å². The molecule has 2 aromatic rings. The fraction of sp³-hybridized carbons (Fsp3) is 0. The van der Waals surface area contributed by atoms with Crippen molar-refractivity contribution in [2.45, 2.75) is 0 Å². The summed E-state index contributed by atoms with van der Waals surface area (Å²) in [5.41, 5.74) is 0.875. The summed E-state index contributed by atoms with van der Waals surface area (Å²) in [5, 5.41) is 0.714. The van der Waals surface area contributed by atoms with Crippen LogP contribution in [0.5, 0.6) is 0 Å². The molecule has 0 saturated carbocycles. The number of thiophene rings is 1. The highest BCUT2D eigenvalue weighted by Gasteiger charge is 2.03. The zero-order valence-corrected chi connectivity index (χ0v) is 7.62. The maximum Gasteiger partial charge on any atom is 0.0837 e. The van der Waals surface area contributed by atoms with E-state index in [-0.39, 0.29) is 0 Å². The number of hydrogen-bond acceptors (Lipinski definition) is 2. The van der Waals surface area contributed by atoms with Gasteiger partial charge in [-0.2, -0.15) is 0 Å². The quantitative estimate of drug-likeness (QED) is 0.587. The van der Waals surface area contributed by atoms with Crippen molar-refractivity contribution in [2.24, 2.45) is 0 Å². The van der Waals surface area contributed by atoms with Gasteiger partial charge < -0.3 is 0 Å². The van der Waals surface area contributed by atoms with Crippen molar-refractivity contribution in [2.75, 3.05) is 0 Å². The molecule has 0 aliphatic rings. The lowest BCUT2D eigenvalue weighted by molar-refractivity contribution is 1.43. The number of pyridine rings is 1. The predicted octanol–water partition coefficient (Wildman–Crippen LogP) is 2.93. The van der Waals surface area contributed by atoms with Gasteiger partial charge in [0.1, 0.15) is 0 Å². The lowest BCUT2D eigenvalue weighted by Gasteiger charge is -1.88. The highest BCUT2D eigenvalue weighted by Crippen LogP contribution is 2.29. The minimum Gasteiger partial charge on any atom is -0.255 e. The van der Waals surface area contributed by atoms with E-state index in [1.54, 1.807) is 12.3 Å². The van der Waals surface area contributed by atoms with Crippen LogP contribution in [0.3, 0.4) is 0 Å². The Bertz CT molecular complexity index is 467. The van der Waals surface area contributed by atoms with Crippen LogP contribution in [0.1, 0.15) is 4.88 Å². The Morgan fingerprint density at radius 1 is 1.58 bits per heavy atom. The minimum atomic E-state index is 0.714. The first-order chi connectivity index (χ1) is 5.81. The maximum absolute atomic E-state index is 5.93. The van der Waals surface area contributed by atoms with Crippen molar-refractivity contribution in [3.63, 3.8) is 0 Å². The van der Waals surface area contributed by atoms with E-state index in [2.05, 4.69) is 10.9 Å². The molecule has 0 unspecified atom stereocenters. The molecule has 58 valence electrons. The smallest absolute Gasteiger partial charge is 0.0837 e. The second-order valence-corrected chi connectivity index (χ2v) is 3.72. The van der Waals surface area contributed by atoms with Crippen molar-refractivity contribution in [3.8, 4) is 12.3 Å². The fourth-order valence-electron chi connectivity index (χ4n) is 0.978. The zero-order chi connectivity index (χ0) is 8.55. The Kier molecular flexibility index (Phi) is 1.76. The van der Waals surface area contributed by atoms with E-state index in [9.17, 15) is 0 Å². The first-order valence-electron chi connectivity index (χ1n) is 3.32. The summed E-state index contributed by atoms with van der Waals surface area (Å²) in [6.07, 6.45) is 6.93. The number of rotatable bonds is 0. The third kappa shape index (κ3) is 1.08. The van der Waals surface area contributed by atoms with E-state index < -0.39 is 0 Å². The van der Waals surface area contributed by atoms with Crippen LogP contribution in [0, 0.1) is 12.3 Å². The van der Waals surface area contributed by atoms with Crippen LogP contribution in [0.25, 0.3) is 10.2 Å². The molecule has 0 amide bonds. The third-order valence-electron chi connectivity index (χ3n) is 1.51. The lowest BCUT2D eigenvalue weighted by Crippen LogP contribution is -1.69. The van der Waals surface area contributed by atoms with Gasteiger partial charge in [-0.05, 0) is 12.1 Å². The molecule has 0 atom stereocenters. The molecule has 0 saturated heterocycles. The van der Waals surface area contributed by atoms with Gasteiger partial charge in [-0.25, -0.2) is 0 Å². The van der Waals surface area contributed by atoms with E-state index in [1.807, 2.05) is 6.07 Å². The molecule has 0 radical (unpaired) electrons.